The van der Waals surface area contributed by atoms with E-state index < -0.39 is 0 Å². The zero-order valence-electron chi connectivity index (χ0n) is 17.1. The normalized spacial score (nSPS) is 13.2. The molecular weight excluding hydrogens is 438 g/mol. The van der Waals surface area contributed by atoms with E-state index in [-0.39, 0.29) is 11.6 Å². The van der Waals surface area contributed by atoms with Crippen LogP contribution in [0.1, 0.15) is 39.8 Å². The van der Waals surface area contributed by atoms with Gasteiger partial charge in [-0.2, -0.15) is 10.4 Å². The molecule has 6 rings (SSSR count). The number of nitriles is 1. The lowest BCUT2D eigenvalue weighted by molar-refractivity contribution is 0.103. The van der Waals surface area contributed by atoms with Crippen molar-refractivity contribution in [3.8, 4) is 23.1 Å². The predicted molar refractivity (Wildman–Crippen MR) is 120 cm³/mol. The van der Waals surface area contributed by atoms with E-state index in [4.69, 9.17) is 10.2 Å². The molecule has 1 fully saturated rings. The fourth-order valence-electron chi connectivity index (χ4n) is 3.71. The summed E-state index contributed by atoms with van der Waals surface area (Å²) in [5.74, 6) is 1.29. The van der Waals surface area contributed by atoms with Crippen molar-refractivity contribution in [3.63, 3.8) is 0 Å². The Kier molecular flexibility index (Phi) is 4.44. The van der Waals surface area contributed by atoms with Crippen LogP contribution in [0.25, 0.3) is 22.7 Å². The van der Waals surface area contributed by atoms with Gasteiger partial charge in [0.1, 0.15) is 22.4 Å². The third kappa shape index (κ3) is 3.42. The summed E-state index contributed by atoms with van der Waals surface area (Å²) in [6.45, 7) is 0. The Balaban J connectivity index is 1.45. The molecule has 1 amide bonds. The molecule has 0 aromatic carbocycles. The second-order valence-electron chi connectivity index (χ2n) is 7.59. The monoisotopic (exact) mass is 453 g/mol. The molecule has 1 aliphatic rings. The Morgan fingerprint density at radius 3 is 2.79 bits per heavy atom. The van der Waals surface area contributed by atoms with Crippen molar-refractivity contribution in [2.75, 3.05) is 5.32 Å². The number of carbonyl (C=O) groups excluding carboxylic acids is 1. The molecule has 10 nitrogen and oxygen atoms in total. The van der Waals surface area contributed by atoms with Crippen LogP contribution in [0.4, 0.5) is 5.82 Å². The zero-order valence-corrected chi connectivity index (χ0v) is 17.9. The van der Waals surface area contributed by atoms with E-state index >= 15 is 0 Å². The van der Waals surface area contributed by atoms with Gasteiger partial charge in [-0.15, -0.1) is 9.90 Å². The summed E-state index contributed by atoms with van der Waals surface area (Å²) >= 11 is 1.15. The van der Waals surface area contributed by atoms with E-state index in [0.29, 0.717) is 22.4 Å². The van der Waals surface area contributed by atoms with Crippen molar-refractivity contribution in [1.82, 2.24) is 33.7 Å². The number of anilines is 1. The topological polar surface area (TPSA) is 127 Å². The van der Waals surface area contributed by atoms with Gasteiger partial charge in [-0.05, 0) is 54.7 Å². The smallest absolute Gasteiger partial charge is 0.268 e. The lowest BCUT2D eigenvalue weighted by atomic mass is 10.1. The van der Waals surface area contributed by atoms with Crippen LogP contribution in [0, 0.1) is 11.3 Å². The van der Waals surface area contributed by atoms with Crippen LogP contribution in [0.3, 0.4) is 0 Å². The van der Waals surface area contributed by atoms with E-state index in [1.54, 1.807) is 24.5 Å². The van der Waals surface area contributed by atoms with Crippen LogP contribution in [0.2, 0.25) is 0 Å². The predicted octanol–water partition coefficient (Wildman–Crippen LogP) is 3.43. The molecule has 0 aliphatic heterocycles. The SMILES string of the molecule is N#Cc1cnn(-c2ccc(-c3c(C4CC4)nc4cccc(NC(=O)c5ccns5)n34)cn2)n1. The summed E-state index contributed by atoms with van der Waals surface area (Å²) in [6, 6.07) is 13.0. The fraction of sp³-hybridized carbons (Fsp3) is 0.136. The summed E-state index contributed by atoms with van der Waals surface area (Å²) in [7, 11) is 0. The van der Waals surface area contributed by atoms with Crippen LogP contribution in [-0.2, 0) is 0 Å². The summed E-state index contributed by atoms with van der Waals surface area (Å²) in [4.78, 5) is 24.0. The molecule has 5 aromatic heterocycles. The van der Waals surface area contributed by atoms with Gasteiger partial charge >= 0.3 is 0 Å². The molecule has 1 saturated carbocycles. The van der Waals surface area contributed by atoms with Crippen molar-refractivity contribution in [3.05, 3.63) is 71.3 Å². The van der Waals surface area contributed by atoms with Gasteiger partial charge in [-0.25, -0.2) is 14.3 Å². The lowest BCUT2D eigenvalue weighted by Crippen LogP contribution is -2.13. The van der Waals surface area contributed by atoms with Crippen LogP contribution < -0.4 is 5.32 Å². The second kappa shape index (κ2) is 7.61. The van der Waals surface area contributed by atoms with E-state index in [1.165, 1.54) is 11.0 Å². The second-order valence-corrected chi connectivity index (χ2v) is 8.42. The Bertz CT molecular complexity index is 1520. The van der Waals surface area contributed by atoms with E-state index in [0.717, 1.165) is 47.0 Å². The molecule has 0 bridgehead atoms. The summed E-state index contributed by atoms with van der Waals surface area (Å²) < 4.78 is 5.97. The maximum absolute atomic E-state index is 12.7. The van der Waals surface area contributed by atoms with E-state index in [9.17, 15) is 4.79 Å². The first-order valence-corrected chi connectivity index (χ1v) is 11.0. The molecule has 0 radical (unpaired) electrons. The zero-order chi connectivity index (χ0) is 22.4. The standard InChI is InChI=1S/C22H15N9OS/c23-10-15-12-25-31(29-15)17-7-6-14(11-24-17)21-20(13-4-5-13)27-18-2-1-3-19(30(18)21)28-22(32)16-8-9-26-33-16/h1-3,6-9,11-13H,4-5H2,(H,28,32). The summed E-state index contributed by atoms with van der Waals surface area (Å²) in [5.41, 5.74) is 3.73. The maximum atomic E-state index is 12.7. The highest BCUT2D eigenvalue weighted by atomic mass is 32.1. The maximum Gasteiger partial charge on any atom is 0.268 e. The molecule has 11 heteroatoms. The van der Waals surface area contributed by atoms with Crippen LogP contribution in [-0.4, -0.2) is 39.6 Å². The number of pyridine rings is 2. The number of carbonyl (C=O) groups is 1. The van der Waals surface area contributed by atoms with Gasteiger partial charge in [0.2, 0.25) is 0 Å². The van der Waals surface area contributed by atoms with Crippen LogP contribution in [0.15, 0.2) is 55.0 Å². The minimum atomic E-state index is -0.218. The Hall–Kier alpha value is -4.43. The molecule has 1 N–H and O–H groups in total. The molecule has 33 heavy (non-hydrogen) atoms. The third-order valence-corrected chi connectivity index (χ3v) is 6.12. The van der Waals surface area contributed by atoms with Crippen LogP contribution >= 0.6 is 11.5 Å². The number of imidazole rings is 1. The largest absolute Gasteiger partial charge is 0.307 e. The van der Waals surface area contributed by atoms with Gasteiger partial charge in [0.05, 0.1) is 17.6 Å². The number of hydrogen-bond donors (Lipinski definition) is 1. The van der Waals surface area contributed by atoms with E-state index in [2.05, 4.69) is 24.9 Å². The molecule has 160 valence electrons. The first kappa shape index (κ1) is 19.3. The minimum absolute atomic E-state index is 0.218. The van der Waals surface area contributed by atoms with Gasteiger partial charge in [-0.1, -0.05) is 6.07 Å². The molecule has 0 atom stereocenters. The van der Waals surface area contributed by atoms with Crippen molar-refractivity contribution in [1.29, 1.82) is 5.26 Å². The molecule has 5 aromatic rings. The number of nitrogens with zero attached hydrogens (tertiary/aromatic N) is 8. The number of fused-ring (bicyclic) bond motifs is 1. The molecule has 5 heterocycles. The average molecular weight is 453 g/mol. The average Bonchev–Trinajstić information content (AvgIpc) is 3.24. The number of amides is 1. The van der Waals surface area contributed by atoms with Gasteiger partial charge < -0.3 is 5.32 Å². The summed E-state index contributed by atoms with van der Waals surface area (Å²) in [6.07, 6.45) is 6.90. The molecule has 0 saturated heterocycles. The van der Waals surface area contributed by atoms with Gasteiger partial charge in [0.25, 0.3) is 5.91 Å². The lowest BCUT2D eigenvalue weighted by Gasteiger charge is -2.11. The fourth-order valence-corrected chi connectivity index (χ4v) is 4.20. The summed E-state index contributed by atoms with van der Waals surface area (Å²) in [5, 5.41) is 20.1. The minimum Gasteiger partial charge on any atom is -0.307 e. The highest BCUT2D eigenvalue weighted by Crippen LogP contribution is 2.44. The first-order chi connectivity index (χ1) is 16.2. The molecule has 0 spiro atoms. The van der Waals surface area contributed by atoms with Gasteiger partial charge in [0.15, 0.2) is 11.5 Å². The van der Waals surface area contributed by atoms with E-state index in [1.807, 2.05) is 34.7 Å². The number of hydrogen-bond acceptors (Lipinski definition) is 8. The quantitative estimate of drug-likeness (QED) is 0.432. The third-order valence-electron chi connectivity index (χ3n) is 5.37. The number of rotatable bonds is 5. The van der Waals surface area contributed by atoms with Gasteiger partial charge in [0, 0.05) is 23.9 Å². The van der Waals surface area contributed by atoms with Crippen LogP contribution in [0.5, 0.6) is 0 Å². The van der Waals surface area contributed by atoms with Crippen molar-refractivity contribution in [2.45, 2.75) is 18.8 Å². The highest BCUT2D eigenvalue weighted by Gasteiger charge is 2.31. The number of nitrogens with one attached hydrogen (secondary N) is 1. The Morgan fingerprint density at radius 2 is 2.09 bits per heavy atom. The molecular formula is C22H15N9OS. The molecule has 0 unspecified atom stereocenters. The highest BCUT2D eigenvalue weighted by molar-refractivity contribution is 7.08. The van der Waals surface area contributed by atoms with Crippen molar-refractivity contribution in [2.24, 2.45) is 0 Å². The first-order valence-electron chi connectivity index (χ1n) is 10.2. The Morgan fingerprint density at radius 1 is 1.18 bits per heavy atom. The van der Waals surface area contributed by atoms with Crippen molar-refractivity contribution < 1.29 is 4.79 Å². The van der Waals surface area contributed by atoms with Gasteiger partial charge in [-0.3, -0.25) is 9.20 Å². The number of aromatic nitrogens is 7. The molecule has 1 aliphatic carbocycles. The van der Waals surface area contributed by atoms with Crippen molar-refractivity contribution >= 4 is 28.9 Å². The Labute approximate surface area is 191 Å².